The summed E-state index contributed by atoms with van der Waals surface area (Å²) >= 11 is 11.9. The van der Waals surface area contributed by atoms with Crippen LogP contribution in [0, 0.1) is 24.2 Å². The molecule has 188 valence electrons. The molecule has 0 spiro atoms. The summed E-state index contributed by atoms with van der Waals surface area (Å²) in [4.78, 5) is 39.4. The van der Waals surface area contributed by atoms with Gasteiger partial charge in [-0.25, -0.2) is 4.79 Å². The van der Waals surface area contributed by atoms with Gasteiger partial charge in [0.1, 0.15) is 12.0 Å². The average Bonchev–Trinajstić information content (AvgIpc) is 2.82. The first-order chi connectivity index (χ1) is 16.2. The van der Waals surface area contributed by atoms with Crippen molar-refractivity contribution in [2.24, 2.45) is 11.8 Å². The Labute approximate surface area is 211 Å². The highest BCUT2D eigenvalue weighted by atomic mass is 35.5. The highest BCUT2D eigenvalue weighted by Crippen LogP contribution is 2.31. The molecule has 1 aliphatic carbocycles. The van der Waals surface area contributed by atoms with Crippen molar-refractivity contribution in [3.8, 4) is 0 Å². The van der Waals surface area contributed by atoms with E-state index in [2.05, 4.69) is 0 Å². The Morgan fingerprint density at radius 1 is 1.00 bits per heavy atom. The number of hydrogen-bond acceptors (Lipinski definition) is 6. The molecule has 1 N–H and O–H groups in total. The minimum Gasteiger partial charge on any atom is -0.465 e. The van der Waals surface area contributed by atoms with Gasteiger partial charge in [0.25, 0.3) is 5.91 Å². The molecule has 1 aliphatic rings. The molecule has 34 heavy (non-hydrogen) atoms. The van der Waals surface area contributed by atoms with Crippen molar-refractivity contribution in [1.82, 2.24) is 4.90 Å². The van der Waals surface area contributed by atoms with Crippen molar-refractivity contribution in [3.05, 3.63) is 35.4 Å². The average molecular weight is 513 g/mol. The zero-order valence-electron chi connectivity index (χ0n) is 20.0. The van der Waals surface area contributed by atoms with Crippen LogP contribution in [-0.2, 0) is 30.4 Å². The Hall–Kier alpha value is -2.12. The number of halogens is 2. The van der Waals surface area contributed by atoms with E-state index < -0.39 is 34.6 Å². The van der Waals surface area contributed by atoms with Gasteiger partial charge in [-0.3, -0.25) is 9.59 Å². The predicted molar refractivity (Wildman–Crippen MR) is 132 cm³/mol. The lowest BCUT2D eigenvalue weighted by molar-refractivity contribution is -0.162. The normalized spacial score (nSPS) is 15.9. The van der Waals surface area contributed by atoms with E-state index in [9.17, 15) is 14.4 Å². The number of carbonyl (C=O) groups is 3. The first-order valence-corrected chi connectivity index (χ1v) is 12.6. The van der Waals surface area contributed by atoms with Crippen LogP contribution in [0.5, 0.6) is 0 Å². The number of nitrogens with one attached hydrogen (secondary N) is 1. The maximum Gasteiger partial charge on any atom is 0.330 e. The lowest BCUT2D eigenvalue weighted by Crippen LogP contribution is -2.56. The summed E-state index contributed by atoms with van der Waals surface area (Å²) in [7, 11) is 0. The summed E-state index contributed by atoms with van der Waals surface area (Å²) < 4.78 is 10.6. The third-order valence-electron chi connectivity index (χ3n) is 6.04. The lowest BCUT2D eigenvalue weighted by atomic mass is 9.78. The Morgan fingerprint density at radius 2 is 1.56 bits per heavy atom. The number of esters is 2. The maximum atomic E-state index is 13.3. The Morgan fingerprint density at radius 3 is 2.09 bits per heavy atom. The molecule has 0 saturated heterocycles. The van der Waals surface area contributed by atoms with Crippen LogP contribution in [0.1, 0.15) is 57.1 Å². The number of nitrogens with zero attached hydrogens (tertiary/aromatic N) is 1. The molecule has 0 bridgehead atoms. The molecule has 0 aliphatic heterocycles. The van der Waals surface area contributed by atoms with Crippen LogP contribution < -0.4 is 0 Å². The van der Waals surface area contributed by atoms with Crippen LogP contribution in [-0.4, -0.2) is 52.5 Å². The second-order valence-electron chi connectivity index (χ2n) is 8.47. The monoisotopic (exact) mass is 512 g/mol. The quantitative estimate of drug-likeness (QED) is 0.260. The predicted octanol–water partition coefficient (Wildman–Crippen LogP) is 4.84. The van der Waals surface area contributed by atoms with E-state index in [0.717, 1.165) is 42.6 Å². The largest absolute Gasteiger partial charge is 0.465 e. The number of benzene rings is 1. The van der Waals surface area contributed by atoms with E-state index in [-0.39, 0.29) is 31.4 Å². The zero-order valence-corrected chi connectivity index (χ0v) is 21.5. The van der Waals surface area contributed by atoms with Crippen molar-refractivity contribution in [2.75, 3.05) is 13.2 Å². The summed E-state index contributed by atoms with van der Waals surface area (Å²) in [5.74, 6) is -3.77. The molecule has 1 aromatic carbocycles. The molecule has 0 radical (unpaired) electrons. The zero-order chi connectivity index (χ0) is 25.3. The number of alkyl halides is 2. The summed E-state index contributed by atoms with van der Waals surface area (Å²) in [5.41, 5.74) is 1.83. The number of aryl methyl sites for hydroxylation is 1. The van der Waals surface area contributed by atoms with E-state index in [4.69, 9.17) is 38.1 Å². The number of rotatable bonds is 11. The maximum absolute atomic E-state index is 13.3. The molecule has 0 aromatic heterocycles. The van der Waals surface area contributed by atoms with Crippen molar-refractivity contribution in [1.29, 1.82) is 5.41 Å². The van der Waals surface area contributed by atoms with Gasteiger partial charge in [0.2, 0.25) is 0 Å². The molecule has 2 atom stereocenters. The third-order valence-corrected chi connectivity index (χ3v) is 6.42. The van der Waals surface area contributed by atoms with E-state index >= 15 is 0 Å². The van der Waals surface area contributed by atoms with Crippen LogP contribution in [0.3, 0.4) is 0 Å². The Balaban J connectivity index is 2.58. The fourth-order valence-corrected chi connectivity index (χ4v) is 4.58. The van der Waals surface area contributed by atoms with Gasteiger partial charge in [0.15, 0.2) is 4.84 Å². The van der Waals surface area contributed by atoms with Crippen LogP contribution >= 0.6 is 23.2 Å². The topological polar surface area (TPSA) is 96.8 Å². The minimum absolute atomic E-state index is 0.0353. The van der Waals surface area contributed by atoms with E-state index in [1.807, 2.05) is 31.2 Å². The molecule has 2 rings (SSSR count). The number of carbonyl (C=O) groups excluding carboxylic acids is 3. The van der Waals surface area contributed by atoms with Crippen LogP contribution in [0.2, 0.25) is 0 Å². The lowest BCUT2D eigenvalue weighted by Gasteiger charge is -2.37. The van der Waals surface area contributed by atoms with Gasteiger partial charge in [-0.05, 0) is 45.1 Å². The summed E-state index contributed by atoms with van der Waals surface area (Å²) in [6.07, 6.45) is 4.41. The summed E-state index contributed by atoms with van der Waals surface area (Å²) in [5, 5.41) is 8.94. The SMILES string of the molecule is CCOC(=O)C(C(=N)C1CCCCC1)C(C(=O)OCC)N(Cc1ccc(C)cc1)C(=O)C(Cl)Cl. The molecule has 9 heteroatoms. The Kier molecular flexibility index (Phi) is 11.3. The molecule has 1 aromatic rings. The van der Waals surface area contributed by atoms with Crippen molar-refractivity contribution < 1.29 is 23.9 Å². The molecule has 1 amide bonds. The summed E-state index contributed by atoms with van der Waals surface area (Å²) in [6.45, 7) is 5.30. The van der Waals surface area contributed by atoms with Crippen molar-refractivity contribution in [2.45, 2.75) is 70.3 Å². The van der Waals surface area contributed by atoms with Gasteiger partial charge in [-0.1, -0.05) is 72.3 Å². The standard InChI is InChI=1S/C25H34Cl2N2O5/c1-4-33-24(31)19(20(28)18-9-7-6-8-10-18)21(25(32)34-5-2)29(23(30)22(26)27)15-17-13-11-16(3)12-14-17/h11-14,18-19,21-22,28H,4-10,15H2,1-3H3. The smallest absolute Gasteiger partial charge is 0.330 e. The highest BCUT2D eigenvalue weighted by molar-refractivity contribution is 6.53. The number of ether oxygens (including phenoxy) is 2. The van der Waals surface area contributed by atoms with Gasteiger partial charge in [-0.15, -0.1) is 0 Å². The van der Waals surface area contributed by atoms with Crippen LogP contribution in [0.15, 0.2) is 24.3 Å². The van der Waals surface area contributed by atoms with Crippen molar-refractivity contribution in [3.63, 3.8) is 0 Å². The fraction of sp³-hybridized carbons (Fsp3) is 0.600. The van der Waals surface area contributed by atoms with Gasteiger partial charge < -0.3 is 19.8 Å². The van der Waals surface area contributed by atoms with Crippen LogP contribution in [0.25, 0.3) is 0 Å². The summed E-state index contributed by atoms with van der Waals surface area (Å²) in [6, 6.07) is 5.97. The van der Waals surface area contributed by atoms with E-state index in [0.29, 0.717) is 5.56 Å². The number of amides is 1. The fourth-order valence-electron chi connectivity index (χ4n) is 4.33. The molecular formula is C25H34Cl2N2O5. The molecule has 7 nitrogen and oxygen atoms in total. The van der Waals surface area contributed by atoms with Crippen LogP contribution in [0.4, 0.5) is 0 Å². The first kappa shape index (κ1) is 28.1. The van der Waals surface area contributed by atoms with E-state index in [1.54, 1.807) is 13.8 Å². The van der Waals surface area contributed by atoms with Gasteiger partial charge >= 0.3 is 11.9 Å². The number of hydrogen-bond donors (Lipinski definition) is 1. The molecular weight excluding hydrogens is 479 g/mol. The second kappa shape index (κ2) is 13.7. The molecule has 2 unspecified atom stereocenters. The van der Waals surface area contributed by atoms with Gasteiger partial charge in [0, 0.05) is 12.3 Å². The molecule has 0 heterocycles. The van der Waals surface area contributed by atoms with Gasteiger partial charge in [0.05, 0.1) is 13.2 Å². The Bertz CT molecular complexity index is 853. The third kappa shape index (κ3) is 7.44. The van der Waals surface area contributed by atoms with Gasteiger partial charge in [-0.2, -0.15) is 0 Å². The van der Waals surface area contributed by atoms with Crippen molar-refractivity contribution >= 4 is 46.8 Å². The first-order valence-electron chi connectivity index (χ1n) is 11.8. The molecule has 1 saturated carbocycles. The minimum atomic E-state index is -1.46. The highest BCUT2D eigenvalue weighted by Gasteiger charge is 2.47. The second-order valence-corrected chi connectivity index (χ2v) is 9.57. The molecule has 1 fully saturated rings. The van der Waals surface area contributed by atoms with E-state index in [1.165, 1.54) is 0 Å².